The maximum Gasteiger partial charge on any atom is 0.227 e. The number of anilines is 1. The number of likely N-dealkylation sites (N-methyl/N-ethyl adjacent to an activating group) is 1. The van der Waals surface area contributed by atoms with Crippen LogP contribution in [0.2, 0.25) is 0 Å². The van der Waals surface area contributed by atoms with Crippen molar-refractivity contribution < 1.29 is 9.59 Å². The van der Waals surface area contributed by atoms with Gasteiger partial charge < -0.3 is 9.80 Å². The molecular formula is C22H34N4O2. The van der Waals surface area contributed by atoms with Crippen molar-refractivity contribution in [2.75, 3.05) is 25.0 Å². The lowest BCUT2D eigenvalue weighted by Gasteiger charge is -2.24. The minimum absolute atomic E-state index is 0.0349. The highest BCUT2D eigenvalue weighted by atomic mass is 16.2. The molecule has 3 unspecified atom stereocenters. The number of rotatable bonds is 7. The molecule has 6 nitrogen and oxygen atoms in total. The van der Waals surface area contributed by atoms with Gasteiger partial charge in [-0.25, -0.2) is 0 Å². The summed E-state index contributed by atoms with van der Waals surface area (Å²) in [4.78, 5) is 29.0. The molecule has 3 atom stereocenters. The van der Waals surface area contributed by atoms with Crippen molar-refractivity contribution in [3.8, 4) is 0 Å². The minimum atomic E-state index is -0.261. The zero-order chi connectivity index (χ0) is 20.3. The van der Waals surface area contributed by atoms with E-state index >= 15 is 0 Å². The molecule has 0 bridgehead atoms. The number of amides is 2. The van der Waals surface area contributed by atoms with Crippen LogP contribution in [-0.2, 0) is 9.59 Å². The number of hydrogen-bond acceptors (Lipinski definition) is 4. The first-order chi connectivity index (χ1) is 13.4. The molecule has 2 fully saturated rings. The van der Waals surface area contributed by atoms with Gasteiger partial charge in [0.2, 0.25) is 11.8 Å². The van der Waals surface area contributed by atoms with Crippen molar-refractivity contribution in [2.45, 2.75) is 64.5 Å². The van der Waals surface area contributed by atoms with Gasteiger partial charge in [0, 0.05) is 44.3 Å². The summed E-state index contributed by atoms with van der Waals surface area (Å²) >= 11 is 0. The number of carbonyl (C=O) groups excluding carboxylic acids is 2. The first-order valence-corrected chi connectivity index (χ1v) is 10.5. The molecule has 154 valence electrons. The second-order valence-corrected chi connectivity index (χ2v) is 8.58. The average molecular weight is 387 g/mol. The van der Waals surface area contributed by atoms with Gasteiger partial charge in [0.15, 0.2) is 0 Å². The Balaban J connectivity index is 1.55. The summed E-state index contributed by atoms with van der Waals surface area (Å²) in [6.45, 7) is 7.63. The van der Waals surface area contributed by atoms with E-state index in [1.807, 2.05) is 19.2 Å². The Morgan fingerprint density at radius 1 is 1.21 bits per heavy atom. The number of hydrazine groups is 1. The van der Waals surface area contributed by atoms with E-state index in [9.17, 15) is 9.59 Å². The van der Waals surface area contributed by atoms with Crippen LogP contribution in [0.25, 0.3) is 0 Å². The van der Waals surface area contributed by atoms with Gasteiger partial charge in [-0.05, 0) is 36.5 Å². The maximum absolute atomic E-state index is 12.9. The standard InChI is InChI=1S/C22H34N4O2/c1-5-6-18-12-19(24-23-18)14-25(4)22(28)17-11-21(27)26(13-17)20-9-7-16(8-10-20)15(2)3/h7-10,15,17-19,23-24H,5-6,11-14H2,1-4H3. The van der Waals surface area contributed by atoms with Crippen LogP contribution >= 0.6 is 0 Å². The Morgan fingerprint density at radius 3 is 2.54 bits per heavy atom. The molecule has 2 saturated heterocycles. The third-order valence-electron chi connectivity index (χ3n) is 5.91. The molecule has 0 spiro atoms. The van der Waals surface area contributed by atoms with Gasteiger partial charge >= 0.3 is 0 Å². The molecule has 3 rings (SSSR count). The number of carbonyl (C=O) groups is 2. The predicted octanol–water partition coefficient (Wildman–Crippen LogP) is 2.66. The normalized spacial score (nSPS) is 25.0. The minimum Gasteiger partial charge on any atom is -0.344 e. The fourth-order valence-corrected chi connectivity index (χ4v) is 4.25. The monoisotopic (exact) mass is 386 g/mol. The van der Waals surface area contributed by atoms with Gasteiger partial charge in [0.25, 0.3) is 0 Å². The van der Waals surface area contributed by atoms with Gasteiger partial charge in [-0.2, -0.15) is 0 Å². The van der Waals surface area contributed by atoms with Crippen LogP contribution in [0.4, 0.5) is 5.69 Å². The Morgan fingerprint density at radius 2 is 1.89 bits per heavy atom. The van der Waals surface area contributed by atoms with Gasteiger partial charge in [-0.3, -0.25) is 20.4 Å². The van der Waals surface area contributed by atoms with E-state index in [1.165, 1.54) is 5.56 Å². The summed E-state index contributed by atoms with van der Waals surface area (Å²) in [5.74, 6) is 0.299. The molecule has 2 N–H and O–H groups in total. The van der Waals surface area contributed by atoms with Crippen LogP contribution in [0.1, 0.15) is 57.9 Å². The highest BCUT2D eigenvalue weighted by Crippen LogP contribution is 2.28. The van der Waals surface area contributed by atoms with E-state index in [0.717, 1.165) is 24.9 Å². The molecule has 0 saturated carbocycles. The lowest BCUT2D eigenvalue weighted by Crippen LogP contribution is -2.43. The Bertz CT molecular complexity index is 688. The van der Waals surface area contributed by atoms with Crippen molar-refractivity contribution in [3.63, 3.8) is 0 Å². The topological polar surface area (TPSA) is 64.7 Å². The Labute approximate surface area is 168 Å². The quantitative estimate of drug-likeness (QED) is 0.756. The van der Waals surface area contributed by atoms with E-state index in [-0.39, 0.29) is 23.8 Å². The summed E-state index contributed by atoms with van der Waals surface area (Å²) in [5.41, 5.74) is 8.76. The third-order valence-corrected chi connectivity index (χ3v) is 5.91. The SMILES string of the molecule is CCCC1CC(CN(C)C(=O)C2CC(=O)N(c3ccc(C(C)C)cc3)C2)NN1. The molecule has 0 aliphatic carbocycles. The smallest absolute Gasteiger partial charge is 0.227 e. The molecular weight excluding hydrogens is 352 g/mol. The predicted molar refractivity (Wildman–Crippen MR) is 112 cm³/mol. The van der Waals surface area contributed by atoms with Crippen molar-refractivity contribution >= 4 is 17.5 Å². The molecule has 1 aromatic carbocycles. The van der Waals surface area contributed by atoms with Crippen LogP contribution < -0.4 is 15.8 Å². The molecule has 2 aliphatic heterocycles. The number of benzene rings is 1. The van der Waals surface area contributed by atoms with E-state index < -0.39 is 0 Å². The second-order valence-electron chi connectivity index (χ2n) is 8.58. The highest BCUT2D eigenvalue weighted by molar-refractivity contribution is 6.00. The van der Waals surface area contributed by atoms with E-state index in [0.29, 0.717) is 31.5 Å². The summed E-state index contributed by atoms with van der Waals surface area (Å²) in [5, 5.41) is 0. The van der Waals surface area contributed by atoms with E-state index in [1.54, 1.807) is 9.80 Å². The molecule has 1 aromatic rings. The van der Waals surface area contributed by atoms with Gasteiger partial charge in [-0.15, -0.1) is 0 Å². The lowest BCUT2D eigenvalue weighted by molar-refractivity contribution is -0.134. The van der Waals surface area contributed by atoms with Crippen molar-refractivity contribution in [1.82, 2.24) is 15.8 Å². The first-order valence-electron chi connectivity index (χ1n) is 10.5. The molecule has 2 aliphatic rings. The fourth-order valence-electron chi connectivity index (χ4n) is 4.25. The first kappa shape index (κ1) is 20.8. The number of hydrogen-bond donors (Lipinski definition) is 2. The van der Waals surface area contributed by atoms with Crippen molar-refractivity contribution in [3.05, 3.63) is 29.8 Å². The number of nitrogens with zero attached hydrogens (tertiary/aromatic N) is 2. The Kier molecular flexibility index (Phi) is 6.73. The Hall–Kier alpha value is -1.92. The molecule has 0 radical (unpaired) electrons. The van der Waals surface area contributed by atoms with Crippen LogP contribution in [0, 0.1) is 5.92 Å². The molecule has 6 heteroatoms. The summed E-state index contributed by atoms with van der Waals surface area (Å²) in [7, 11) is 1.85. The molecule has 28 heavy (non-hydrogen) atoms. The van der Waals surface area contributed by atoms with E-state index in [2.05, 4.69) is 43.8 Å². The van der Waals surface area contributed by atoms with Crippen molar-refractivity contribution in [2.24, 2.45) is 5.92 Å². The van der Waals surface area contributed by atoms with Crippen LogP contribution in [0.3, 0.4) is 0 Å². The molecule has 0 aromatic heterocycles. The highest BCUT2D eigenvalue weighted by Gasteiger charge is 2.37. The fraction of sp³-hybridized carbons (Fsp3) is 0.636. The lowest BCUT2D eigenvalue weighted by atomic mass is 10.0. The zero-order valence-electron chi connectivity index (χ0n) is 17.6. The van der Waals surface area contributed by atoms with Gasteiger partial charge in [0.1, 0.15) is 0 Å². The summed E-state index contributed by atoms with van der Waals surface area (Å²) in [6, 6.07) is 8.87. The maximum atomic E-state index is 12.9. The molecule has 2 amide bonds. The third kappa shape index (κ3) is 4.73. The summed E-state index contributed by atoms with van der Waals surface area (Å²) < 4.78 is 0. The van der Waals surface area contributed by atoms with Crippen LogP contribution in [0.5, 0.6) is 0 Å². The zero-order valence-corrected chi connectivity index (χ0v) is 17.6. The van der Waals surface area contributed by atoms with Gasteiger partial charge in [0.05, 0.1) is 5.92 Å². The average Bonchev–Trinajstić information content (AvgIpc) is 3.28. The van der Waals surface area contributed by atoms with Crippen LogP contribution in [-0.4, -0.2) is 48.9 Å². The number of nitrogens with one attached hydrogen (secondary N) is 2. The van der Waals surface area contributed by atoms with Crippen molar-refractivity contribution in [1.29, 1.82) is 0 Å². The van der Waals surface area contributed by atoms with E-state index in [4.69, 9.17) is 0 Å². The van der Waals surface area contributed by atoms with Gasteiger partial charge in [-0.1, -0.05) is 39.3 Å². The second kappa shape index (κ2) is 9.05. The van der Waals surface area contributed by atoms with Crippen LogP contribution in [0.15, 0.2) is 24.3 Å². The largest absolute Gasteiger partial charge is 0.344 e. The summed E-state index contributed by atoms with van der Waals surface area (Å²) in [6.07, 6.45) is 3.62. The molecule has 2 heterocycles.